The molecule has 4 N–H and O–H groups in total. The molecule has 0 fully saturated rings. The minimum absolute atomic E-state index is 0.106. The van der Waals surface area contributed by atoms with E-state index >= 15 is 0 Å². The molecule has 17 heteroatoms. The van der Waals surface area contributed by atoms with Gasteiger partial charge in [0.15, 0.2) is 23.2 Å². The van der Waals surface area contributed by atoms with Crippen LogP contribution in [-0.2, 0) is 30.1 Å². The lowest BCUT2D eigenvalue weighted by atomic mass is 10.1. The third-order valence-corrected chi connectivity index (χ3v) is 5.18. The van der Waals surface area contributed by atoms with Gasteiger partial charge in [-0.1, -0.05) is 6.07 Å². The first-order valence-corrected chi connectivity index (χ1v) is 11.3. The number of benzene rings is 2. The molecule has 2 unspecified atom stereocenters. The fourth-order valence-corrected chi connectivity index (χ4v) is 3.09. The Morgan fingerprint density at radius 1 is 0.927 bits per heavy atom. The minimum atomic E-state index is -4.73. The number of ketones is 1. The van der Waals surface area contributed by atoms with Crippen LogP contribution in [0, 0.1) is 23.3 Å². The predicted molar refractivity (Wildman–Crippen MR) is 123 cm³/mol. The molecule has 10 nitrogen and oxygen atoms in total. The van der Waals surface area contributed by atoms with Crippen LogP contribution in [0.5, 0.6) is 5.75 Å². The Labute approximate surface area is 225 Å². The van der Waals surface area contributed by atoms with E-state index in [4.69, 9.17) is 5.11 Å². The zero-order chi connectivity index (χ0) is 31.1. The molecule has 41 heavy (non-hydrogen) atoms. The summed E-state index contributed by atoms with van der Waals surface area (Å²) in [6.07, 6.45) is -6.04. The third kappa shape index (κ3) is 9.18. The van der Waals surface area contributed by atoms with E-state index in [0.717, 1.165) is 25.1 Å². The molecule has 2 rings (SSSR count). The van der Waals surface area contributed by atoms with Gasteiger partial charge >= 0.3 is 24.0 Å². The highest BCUT2D eigenvalue weighted by molar-refractivity contribution is 6.40. The Morgan fingerprint density at radius 2 is 1.54 bits per heavy atom. The minimum Gasteiger partial charge on any atom is -0.481 e. The number of amides is 3. The first kappa shape index (κ1) is 32.5. The summed E-state index contributed by atoms with van der Waals surface area (Å²) in [6.45, 7) is -0.248. The average Bonchev–Trinajstić information content (AvgIpc) is 2.89. The summed E-state index contributed by atoms with van der Waals surface area (Å²) in [5.41, 5.74) is -1.50. The fourth-order valence-electron chi connectivity index (χ4n) is 3.09. The summed E-state index contributed by atoms with van der Waals surface area (Å²) in [5, 5.41) is 14.7. The van der Waals surface area contributed by atoms with Crippen molar-refractivity contribution < 1.29 is 64.5 Å². The lowest BCUT2D eigenvalue weighted by Crippen LogP contribution is -2.52. The molecule has 0 radical (unpaired) electrons. The summed E-state index contributed by atoms with van der Waals surface area (Å²) in [6, 6.07) is -0.0865. The van der Waals surface area contributed by atoms with E-state index in [1.165, 1.54) is 0 Å². The second-order valence-corrected chi connectivity index (χ2v) is 8.27. The van der Waals surface area contributed by atoms with Gasteiger partial charge in [0.25, 0.3) is 0 Å². The molecule has 0 bridgehead atoms. The first-order chi connectivity index (χ1) is 19.0. The second-order valence-electron chi connectivity index (χ2n) is 8.27. The molecule has 2 aromatic carbocycles. The fraction of sp³-hybridized carbons (Fsp3) is 0.292. The maximum absolute atomic E-state index is 13.8. The number of carbonyl (C=O) groups is 5. The van der Waals surface area contributed by atoms with Gasteiger partial charge in [-0.15, -0.1) is 0 Å². The Hall–Kier alpha value is -4.70. The van der Waals surface area contributed by atoms with Crippen molar-refractivity contribution in [3.8, 4) is 5.75 Å². The van der Waals surface area contributed by atoms with E-state index < -0.39 is 102 Å². The van der Waals surface area contributed by atoms with Gasteiger partial charge in [0, 0.05) is 18.2 Å². The van der Waals surface area contributed by atoms with Crippen molar-refractivity contribution in [2.45, 2.75) is 38.0 Å². The van der Waals surface area contributed by atoms with Crippen LogP contribution in [0.15, 0.2) is 30.3 Å². The maximum Gasteiger partial charge on any atom is 0.416 e. The zero-order valence-corrected chi connectivity index (χ0v) is 20.7. The van der Waals surface area contributed by atoms with Gasteiger partial charge in [0.05, 0.1) is 11.6 Å². The Bertz CT molecular complexity index is 1330. The maximum atomic E-state index is 13.8. The van der Waals surface area contributed by atoms with Crippen molar-refractivity contribution >= 4 is 35.2 Å². The topological polar surface area (TPSA) is 151 Å². The van der Waals surface area contributed by atoms with Crippen molar-refractivity contribution in [2.24, 2.45) is 0 Å². The van der Waals surface area contributed by atoms with E-state index in [2.05, 4.69) is 4.74 Å². The van der Waals surface area contributed by atoms with Gasteiger partial charge in [-0.05, 0) is 31.5 Å². The van der Waals surface area contributed by atoms with E-state index in [-0.39, 0.29) is 11.8 Å². The highest BCUT2D eigenvalue weighted by Gasteiger charge is 2.31. The number of rotatable bonds is 11. The van der Waals surface area contributed by atoms with Gasteiger partial charge in [-0.3, -0.25) is 24.0 Å². The predicted octanol–water partition coefficient (Wildman–Crippen LogP) is 2.70. The smallest absolute Gasteiger partial charge is 0.416 e. The van der Waals surface area contributed by atoms with Crippen LogP contribution in [0.2, 0.25) is 0 Å². The molecular weight excluding hydrogens is 575 g/mol. The molecule has 0 aliphatic rings. The van der Waals surface area contributed by atoms with Crippen LogP contribution in [0.25, 0.3) is 0 Å². The number of hydrogen-bond acceptors (Lipinski definition) is 6. The number of ether oxygens (including phenoxy) is 1. The molecule has 0 saturated heterocycles. The van der Waals surface area contributed by atoms with Gasteiger partial charge in [-0.25, -0.2) is 8.78 Å². The van der Waals surface area contributed by atoms with Crippen LogP contribution in [0.4, 0.5) is 36.4 Å². The quantitative estimate of drug-likeness (QED) is 0.177. The van der Waals surface area contributed by atoms with Crippen LogP contribution >= 0.6 is 0 Å². The molecule has 0 aliphatic carbocycles. The molecule has 222 valence electrons. The lowest BCUT2D eigenvalue weighted by Gasteiger charge is -2.20. The van der Waals surface area contributed by atoms with Crippen LogP contribution in [0.3, 0.4) is 0 Å². The normalized spacial score (nSPS) is 12.6. The number of anilines is 1. The molecule has 0 saturated carbocycles. The van der Waals surface area contributed by atoms with Crippen LogP contribution < -0.4 is 20.7 Å². The molecule has 0 heterocycles. The second kappa shape index (κ2) is 13.6. The van der Waals surface area contributed by atoms with E-state index in [0.29, 0.717) is 6.07 Å². The number of Topliss-reactive ketones (excluding diaryl/α,β-unsaturated/α-hetero) is 1. The van der Waals surface area contributed by atoms with Crippen LogP contribution in [0.1, 0.15) is 25.3 Å². The molecule has 0 aliphatic heterocycles. The standard InChI is InChI=1S/C24H20F7N3O7/c1-10(32-22(39)23(40)33-12-4-2-3-11(7-12)24(29,30)31)21(38)34-15(5-6-17(36)37)16(35)9-41-20-18(27)13(25)8-14(26)19(20)28/h2-4,7-8,10,15H,5-6,9H2,1H3,(H,32,39)(H,33,40)(H,34,38)(H,36,37). The van der Waals surface area contributed by atoms with Crippen molar-refractivity contribution in [2.75, 3.05) is 11.9 Å². The van der Waals surface area contributed by atoms with Gasteiger partial charge in [0.2, 0.25) is 17.5 Å². The Morgan fingerprint density at radius 3 is 2.10 bits per heavy atom. The molecule has 0 aromatic heterocycles. The molecule has 3 amide bonds. The first-order valence-electron chi connectivity index (χ1n) is 11.3. The van der Waals surface area contributed by atoms with Gasteiger partial charge in [-0.2, -0.15) is 22.0 Å². The van der Waals surface area contributed by atoms with Crippen LogP contribution in [-0.4, -0.2) is 53.3 Å². The zero-order valence-electron chi connectivity index (χ0n) is 20.7. The summed E-state index contributed by atoms with van der Waals surface area (Å²) in [4.78, 5) is 60.2. The summed E-state index contributed by atoms with van der Waals surface area (Å²) in [5.74, 6) is -15.9. The Balaban J connectivity index is 2.05. The summed E-state index contributed by atoms with van der Waals surface area (Å²) < 4.78 is 97.2. The Kier molecular flexibility index (Phi) is 10.8. The van der Waals surface area contributed by atoms with E-state index in [9.17, 15) is 54.7 Å². The number of carboxylic acid groups (broad SMARTS) is 1. The monoisotopic (exact) mass is 595 g/mol. The molecular formula is C24H20F7N3O7. The van der Waals surface area contributed by atoms with Crippen molar-refractivity contribution in [1.82, 2.24) is 10.6 Å². The molecule has 2 aromatic rings. The SMILES string of the molecule is CC(NC(=O)C(=O)Nc1cccc(C(F)(F)F)c1)C(=O)NC(CCC(=O)O)C(=O)COc1c(F)c(F)cc(F)c1F. The van der Waals surface area contributed by atoms with Crippen molar-refractivity contribution in [3.63, 3.8) is 0 Å². The van der Waals surface area contributed by atoms with Gasteiger partial charge in [0.1, 0.15) is 12.6 Å². The highest BCUT2D eigenvalue weighted by Crippen LogP contribution is 2.30. The molecule has 2 atom stereocenters. The highest BCUT2D eigenvalue weighted by atomic mass is 19.4. The van der Waals surface area contributed by atoms with Crippen molar-refractivity contribution in [3.05, 3.63) is 59.2 Å². The van der Waals surface area contributed by atoms with E-state index in [1.54, 1.807) is 0 Å². The molecule has 0 spiro atoms. The number of aliphatic carboxylic acids is 1. The number of carbonyl (C=O) groups excluding carboxylic acids is 4. The van der Waals surface area contributed by atoms with Crippen molar-refractivity contribution in [1.29, 1.82) is 0 Å². The lowest BCUT2D eigenvalue weighted by molar-refractivity contribution is -0.139. The van der Waals surface area contributed by atoms with E-state index in [1.807, 2.05) is 16.0 Å². The summed E-state index contributed by atoms with van der Waals surface area (Å²) >= 11 is 0. The number of alkyl halides is 3. The van der Waals surface area contributed by atoms with Gasteiger partial charge < -0.3 is 25.8 Å². The number of nitrogens with one attached hydrogen (secondary N) is 3. The largest absolute Gasteiger partial charge is 0.481 e. The number of hydrogen-bond donors (Lipinski definition) is 4. The number of carboxylic acids is 1. The number of halogens is 7. The summed E-state index contributed by atoms with van der Waals surface area (Å²) in [7, 11) is 0. The third-order valence-electron chi connectivity index (χ3n) is 5.18. The average molecular weight is 595 g/mol.